The molecule has 0 unspecified atom stereocenters. The van der Waals surface area contributed by atoms with Crippen molar-refractivity contribution in [2.45, 2.75) is 13.0 Å². The van der Waals surface area contributed by atoms with Gasteiger partial charge in [-0.1, -0.05) is 24.3 Å². The van der Waals surface area contributed by atoms with Crippen LogP contribution in [0.3, 0.4) is 0 Å². The number of ether oxygens (including phenoxy) is 1. The first-order valence-electron chi connectivity index (χ1n) is 11.2. The smallest absolute Gasteiger partial charge is 0.180 e. The average molecular weight is 427 g/mol. The third kappa shape index (κ3) is 3.49. The normalized spacial score (nSPS) is 16.3. The molecular weight excluding hydrogens is 400 g/mol. The number of morpholine rings is 1. The van der Waals surface area contributed by atoms with Crippen molar-refractivity contribution in [2.75, 3.05) is 43.5 Å². The molecule has 2 aromatic heterocycles. The molecule has 0 spiro atoms. The van der Waals surface area contributed by atoms with Gasteiger partial charge in [-0.3, -0.25) is 0 Å². The van der Waals surface area contributed by atoms with Crippen LogP contribution in [0, 0.1) is 0 Å². The molecule has 4 aromatic rings. The Morgan fingerprint density at radius 2 is 1.62 bits per heavy atom. The third-order valence-corrected chi connectivity index (χ3v) is 6.39. The topological polar surface area (TPSA) is 80.7 Å². The van der Waals surface area contributed by atoms with Gasteiger partial charge >= 0.3 is 0 Å². The first-order chi connectivity index (χ1) is 15.7. The van der Waals surface area contributed by atoms with Gasteiger partial charge in [0.15, 0.2) is 11.5 Å². The molecule has 2 aliphatic rings. The van der Waals surface area contributed by atoms with Crippen molar-refractivity contribution in [3.63, 3.8) is 0 Å². The average Bonchev–Trinajstić information content (AvgIpc) is 3.29. The molecule has 0 aliphatic carbocycles. The van der Waals surface area contributed by atoms with E-state index in [1.165, 1.54) is 16.8 Å². The number of aromatic nitrogens is 3. The van der Waals surface area contributed by atoms with E-state index in [9.17, 15) is 0 Å². The molecule has 162 valence electrons. The number of nitrogens with two attached hydrogens (primary N) is 1. The van der Waals surface area contributed by atoms with Gasteiger partial charge in [0.2, 0.25) is 0 Å². The number of fused-ring (bicyclic) bond motifs is 2. The van der Waals surface area contributed by atoms with Crippen molar-refractivity contribution >= 4 is 17.2 Å². The van der Waals surface area contributed by atoms with Crippen LogP contribution in [0.15, 0.2) is 54.9 Å². The van der Waals surface area contributed by atoms with Gasteiger partial charge in [-0.15, -0.1) is 0 Å². The Balaban J connectivity index is 1.32. The number of hydrogen-bond donors (Lipinski definition) is 2. The minimum atomic E-state index is 0.439. The quantitative estimate of drug-likeness (QED) is 0.524. The second-order valence-electron chi connectivity index (χ2n) is 8.42. The Hall–Kier alpha value is -3.42. The molecular formula is C25H26N6O. The van der Waals surface area contributed by atoms with E-state index in [0.29, 0.717) is 11.5 Å². The van der Waals surface area contributed by atoms with Crippen molar-refractivity contribution < 1.29 is 4.74 Å². The predicted molar refractivity (Wildman–Crippen MR) is 127 cm³/mol. The highest BCUT2D eigenvalue weighted by Gasteiger charge is 2.15. The molecule has 4 heterocycles. The van der Waals surface area contributed by atoms with E-state index in [1.54, 1.807) is 0 Å². The Bertz CT molecular complexity index is 1270. The summed E-state index contributed by atoms with van der Waals surface area (Å²) in [5.41, 5.74) is 14.8. The lowest BCUT2D eigenvalue weighted by molar-refractivity contribution is 0.122. The van der Waals surface area contributed by atoms with Gasteiger partial charge in [-0.05, 0) is 42.3 Å². The Labute approximate surface area is 186 Å². The summed E-state index contributed by atoms with van der Waals surface area (Å²) in [5, 5.41) is 3.44. The van der Waals surface area contributed by atoms with Crippen LogP contribution in [0.4, 0.5) is 11.5 Å². The monoisotopic (exact) mass is 426 g/mol. The molecule has 7 nitrogen and oxygen atoms in total. The van der Waals surface area contributed by atoms with Crippen LogP contribution in [0.1, 0.15) is 11.1 Å². The number of rotatable bonds is 3. The molecule has 2 aromatic carbocycles. The molecule has 7 heteroatoms. The zero-order valence-corrected chi connectivity index (χ0v) is 17.9. The van der Waals surface area contributed by atoms with Crippen molar-refractivity contribution in [3.8, 4) is 22.5 Å². The molecule has 2 aliphatic heterocycles. The molecule has 1 saturated heterocycles. The van der Waals surface area contributed by atoms with Crippen LogP contribution >= 0.6 is 0 Å². The van der Waals surface area contributed by atoms with Crippen LogP contribution in [0.2, 0.25) is 0 Å². The van der Waals surface area contributed by atoms with E-state index in [0.717, 1.165) is 68.3 Å². The van der Waals surface area contributed by atoms with Crippen molar-refractivity contribution in [2.24, 2.45) is 0 Å². The van der Waals surface area contributed by atoms with Crippen molar-refractivity contribution in [1.29, 1.82) is 0 Å². The van der Waals surface area contributed by atoms with Gasteiger partial charge < -0.3 is 25.1 Å². The third-order valence-electron chi connectivity index (χ3n) is 6.39. The summed E-state index contributed by atoms with van der Waals surface area (Å²) in [7, 11) is 0. The summed E-state index contributed by atoms with van der Waals surface area (Å²) in [6.07, 6.45) is 5.11. The number of imidazole rings is 1. The molecule has 0 bridgehead atoms. The van der Waals surface area contributed by atoms with E-state index < -0.39 is 0 Å². The van der Waals surface area contributed by atoms with Gasteiger partial charge in [0.05, 0.1) is 24.6 Å². The fourth-order valence-electron chi connectivity index (χ4n) is 4.60. The summed E-state index contributed by atoms with van der Waals surface area (Å²) in [6.45, 7) is 5.35. The lowest BCUT2D eigenvalue weighted by Gasteiger charge is -2.28. The predicted octanol–water partition coefficient (Wildman–Crippen LogP) is 3.13. The number of anilines is 2. The van der Waals surface area contributed by atoms with Crippen LogP contribution < -0.4 is 16.0 Å². The number of hydrogen-bond acceptors (Lipinski definition) is 6. The summed E-state index contributed by atoms with van der Waals surface area (Å²) < 4.78 is 7.44. The van der Waals surface area contributed by atoms with Crippen molar-refractivity contribution in [1.82, 2.24) is 19.7 Å². The highest BCUT2D eigenvalue weighted by Crippen LogP contribution is 2.28. The molecule has 32 heavy (non-hydrogen) atoms. The number of benzene rings is 2. The minimum Gasteiger partial charge on any atom is -0.381 e. The molecule has 6 rings (SSSR count). The van der Waals surface area contributed by atoms with Gasteiger partial charge in [0.1, 0.15) is 0 Å². The van der Waals surface area contributed by atoms with Gasteiger partial charge in [0, 0.05) is 48.8 Å². The maximum atomic E-state index is 6.32. The van der Waals surface area contributed by atoms with E-state index in [1.807, 2.05) is 16.8 Å². The minimum absolute atomic E-state index is 0.439. The fourth-order valence-corrected chi connectivity index (χ4v) is 4.60. The second-order valence-corrected chi connectivity index (χ2v) is 8.42. The lowest BCUT2D eigenvalue weighted by Crippen LogP contribution is -2.36. The molecule has 0 saturated carbocycles. The molecule has 0 amide bonds. The first kappa shape index (κ1) is 19.3. The number of nitrogens with zero attached hydrogens (tertiary/aromatic N) is 4. The van der Waals surface area contributed by atoms with Crippen LogP contribution in [-0.4, -0.2) is 47.2 Å². The zero-order valence-electron chi connectivity index (χ0n) is 17.9. The Morgan fingerprint density at radius 3 is 2.44 bits per heavy atom. The van der Waals surface area contributed by atoms with Crippen LogP contribution in [0.5, 0.6) is 0 Å². The van der Waals surface area contributed by atoms with E-state index in [2.05, 4.69) is 57.7 Å². The number of nitrogens with one attached hydrogen (secondary N) is 1. The lowest BCUT2D eigenvalue weighted by atomic mass is 9.97. The summed E-state index contributed by atoms with van der Waals surface area (Å²) in [5.74, 6) is 0.439. The first-order valence-corrected chi connectivity index (χ1v) is 11.2. The van der Waals surface area contributed by atoms with E-state index >= 15 is 0 Å². The maximum Gasteiger partial charge on any atom is 0.180 e. The molecule has 0 atom stereocenters. The highest BCUT2D eigenvalue weighted by atomic mass is 16.5. The molecule has 3 N–H and O–H groups in total. The van der Waals surface area contributed by atoms with Gasteiger partial charge in [-0.2, -0.15) is 0 Å². The van der Waals surface area contributed by atoms with E-state index in [4.69, 9.17) is 15.5 Å². The zero-order chi connectivity index (χ0) is 21.5. The standard InChI is InChI=1S/C25H26N6O/c26-24-25-29-22(18-3-5-21(6-4-18)30-9-11-32-12-10-30)15-31(25)16-23(28-24)19-2-1-17-7-8-27-14-20(17)13-19/h1-6,13,15-16,27H,7-12,14H2,(H2,26,28). The Morgan fingerprint density at radius 1 is 0.875 bits per heavy atom. The fraction of sp³-hybridized carbons (Fsp3) is 0.280. The van der Waals surface area contributed by atoms with Gasteiger partial charge in [-0.25, -0.2) is 9.97 Å². The largest absolute Gasteiger partial charge is 0.381 e. The van der Waals surface area contributed by atoms with Crippen molar-refractivity contribution in [3.05, 3.63) is 66.0 Å². The maximum absolute atomic E-state index is 6.32. The van der Waals surface area contributed by atoms with Crippen LogP contribution in [-0.2, 0) is 17.7 Å². The highest BCUT2D eigenvalue weighted by molar-refractivity contribution is 5.73. The second kappa shape index (κ2) is 7.93. The number of nitrogen functional groups attached to an aromatic ring is 1. The van der Waals surface area contributed by atoms with Crippen LogP contribution in [0.25, 0.3) is 28.2 Å². The molecule has 1 fully saturated rings. The SMILES string of the molecule is Nc1nc(-c2ccc3c(c2)CNCC3)cn2cc(-c3ccc(N4CCOCC4)cc3)nc12. The Kier molecular flexibility index (Phi) is 4.78. The summed E-state index contributed by atoms with van der Waals surface area (Å²) >= 11 is 0. The summed E-state index contributed by atoms with van der Waals surface area (Å²) in [6, 6.07) is 15.1. The van der Waals surface area contributed by atoms with E-state index in [-0.39, 0.29) is 0 Å². The molecule has 0 radical (unpaired) electrons. The summed E-state index contributed by atoms with van der Waals surface area (Å²) in [4.78, 5) is 11.8. The van der Waals surface area contributed by atoms with Gasteiger partial charge in [0.25, 0.3) is 0 Å².